The second-order valence-electron chi connectivity index (χ2n) is 10.5. The van der Waals surface area contributed by atoms with Crippen molar-refractivity contribution in [2.45, 2.75) is 70.1 Å². The second-order valence-corrected chi connectivity index (χ2v) is 10.5. The monoisotopic (exact) mass is 577 g/mol. The molecule has 13 heteroatoms. The molecule has 4 aromatic rings. The van der Waals surface area contributed by atoms with Crippen molar-refractivity contribution in [3.63, 3.8) is 0 Å². The number of anilines is 1. The number of fused-ring (bicyclic) bond motifs is 1. The van der Waals surface area contributed by atoms with E-state index in [9.17, 15) is 26.3 Å². The molecule has 1 fully saturated rings. The number of pyridine rings is 1. The molecule has 0 bridgehead atoms. The van der Waals surface area contributed by atoms with Gasteiger partial charge in [-0.3, -0.25) is 9.88 Å². The SMILES string of the molecule is CC(c1nc2ccccc2cc1CN(Cc1cc(C(F)(F)F)cc(C(F)(F)F)c1)c1nn[nH]n1)N(C)C1CCCC1. The van der Waals surface area contributed by atoms with Gasteiger partial charge in [-0.2, -0.15) is 31.6 Å². The number of aromatic nitrogens is 5. The van der Waals surface area contributed by atoms with Crippen molar-refractivity contribution in [3.05, 3.63) is 76.5 Å². The van der Waals surface area contributed by atoms with Gasteiger partial charge in [-0.25, -0.2) is 0 Å². The number of benzene rings is 2. The fraction of sp³-hybridized carbons (Fsp3) is 0.429. The molecule has 1 aliphatic carbocycles. The summed E-state index contributed by atoms with van der Waals surface area (Å²) in [6.07, 6.45) is -5.44. The van der Waals surface area contributed by atoms with E-state index in [1.165, 1.54) is 4.90 Å². The number of para-hydroxylation sites is 1. The third-order valence-electron chi connectivity index (χ3n) is 7.74. The molecular formula is C28H29F6N7. The van der Waals surface area contributed by atoms with Crippen molar-refractivity contribution in [3.8, 4) is 0 Å². The molecule has 0 radical (unpaired) electrons. The number of nitrogens with zero attached hydrogens (tertiary/aromatic N) is 6. The number of alkyl halides is 6. The van der Waals surface area contributed by atoms with E-state index in [-0.39, 0.29) is 36.7 Å². The largest absolute Gasteiger partial charge is 0.416 e. The molecule has 5 rings (SSSR count). The number of H-pyrrole nitrogens is 1. The molecule has 1 atom stereocenters. The van der Waals surface area contributed by atoms with Gasteiger partial charge in [-0.15, -0.1) is 5.10 Å². The van der Waals surface area contributed by atoms with Crippen molar-refractivity contribution in [2.75, 3.05) is 11.9 Å². The number of hydrogen-bond acceptors (Lipinski definition) is 6. The zero-order chi connectivity index (χ0) is 29.4. The Morgan fingerprint density at radius 1 is 0.927 bits per heavy atom. The third-order valence-corrected chi connectivity index (χ3v) is 7.74. The number of nitrogens with one attached hydrogen (secondary N) is 1. The second kappa shape index (κ2) is 11.3. The first kappa shape index (κ1) is 28.8. The van der Waals surface area contributed by atoms with Gasteiger partial charge in [0.2, 0.25) is 0 Å². The Bertz CT molecular complexity index is 1450. The van der Waals surface area contributed by atoms with E-state index < -0.39 is 23.5 Å². The van der Waals surface area contributed by atoms with Crippen LogP contribution in [0, 0.1) is 0 Å². The Morgan fingerprint density at radius 2 is 1.59 bits per heavy atom. The zero-order valence-corrected chi connectivity index (χ0v) is 22.5. The lowest BCUT2D eigenvalue weighted by Gasteiger charge is -2.32. The van der Waals surface area contributed by atoms with E-state index in [1.807, 2.05) is 30.3 Å². The van der Waals surface area contributed by atoms with Crippen molar-refractivity contribution in [1.29, 1.82) is 0 Å². The maximum Gasteiger partial charge on any atom is 0.416 e. The first-order chi connectivity index (χ1) is 19.4. The van der Waals surface area contributed by atoms with Crippen LogP contribution < -0.4 is 4.90 Å². The Morgan fingerprint density at radius 3 is 2.20 bits per heavy atom. The highest BCUT2D eigenvalue weighted by Crippen LogP contribution is 2.37. The Hall–Kier alpha value is -3.74. The van der Waals surface area contributed by atoms with Crippen LogP contribution in [0.25, 0.3) is 10.9 Å². The molecule has 1 N–H and O–H groups in total. The van der Waals surface area contributed by atoms with Gasteiger partial charge < -0.3 is 4.90 Å². The predicted molar refractivity (Wildman–Crippen MR) is 141 cm³/mol. The quantitative estimate of drug-likeness (QED) is 0.229. The van der Waals surface area contributed by atoms with E-state index in [4.69, 9.17) is 4.98 Å². The van der Waals surface area contributed by atoms with E-state index in [1.54, 1.807) is 0 Å². The van der Waals surface area contributed by atoms with Crippen LogP contribution in [0.2, 0.25) is 0 Å². The fourth-order valence-corrected chi connectivity index (χ4v) is 5.51. The summed E-state index contributed by atoms with van der Waals surface area (Å²) in [5.41, 5.74) is -0.633. The molecule has 7 nitrogen and oxygen atoms in total. The van der Waals surface area contributed by atoms with E-state index in [2.05, 4.69) is 39.5 Å². The topological polar surface area (TPSA) is 73.8 Å². The van der Waals surface area contributed by atoms with Crippen LogP contribution >= 0.6 is 0 Å². The molecule has 218 valence electrons. The normalized spacial score (nSPS) is 15.6. The van der Waals surface area contributed by atoms with Crippen LogP contribution in [0.15, 0.2) is 48.5 Å². The van der Waals surface area contributed by atoms with Crippen LogP contribution in [0.5, 0.6) is 0 Å². The summed E-state index contributed by atoms with van der Waals surface area (Å²) in [6, 6.07) is 11.4. The lowest BCUT2D eigenvalue weighted by Crippen LogP contribution is -2.33. The minimum absolute atomic E-state index is 0.0341. The maximum absolute atomic E-state index is 13.6. The first-order valence-corrected chi connectivity index (χ1v) is 13.3. The summed E-state index contributed by atoms with van der Waals surface area (Å²) >= 11 is 0. The molecule has 41 heavy (non-hydrogen) atoms. The molecule has 1 unspecified atom stereocenters. The van der Waals surface area contributed by atoms with Gasteiger partial charge in [-0.05, 0) is 73.5 Å². The first-order valence-electron chi connectivity index (χ1n) is 13.3. The molecule has 2 aromatic heterocycles. The molecule has 2 heterocycles. The lowest BCUT2D eigenvalue weighted by molar-refractivity contribution is -0.143. The third kappa shape index (κ3) is 6.45. The minimum atomic E-state index is -4.96. The molecule has 0 aliphatic heterocycles. The van der Waals surface area contributed by atoms with E-state index >= 15 is 0 Å². The van der Waals surface area contributed by atoms with Gasteiger partial charge in [0.05, 0.1) is 22.3 Å². The predicted octanol–water partition coefficient (Wildman–Crippen LogP) is 6.93. The highest BCUT2D eigenvalue weighted by Gasteiger charge is 2.37. The van der Waals surface area contributed by atoms with Crippen LogP contribution in [0.3, 0.4) is 0 Å². The minimum Gasteiger partial charge on any atom is -0.329 e. The number of rotatable bonds is 8. The Labute approximate surface area is 232 Å². The van der Waals surface area contributed by atoms with Gasteiger partial charge >= 0.3 is 12.4 Å². The highest BCUT2D eigenvalue weighted by molar-refractivity contribution is 5.79. The standard InChI is InChI=1S/C28H29F6N7/c1-17(40(2)23-8-4-5-9-23)25-20(13-19-7-3-6-10-24(19)35-25)16-41(26-36-38-39-37-26)15-18-11-21(27(29,30)31)14-22(12-18)28(32,33)34/h3,6-7,10-14,17,23H,4-5,8-9,15-16H2,1-2H3,(H,36,37,38,39). The fourth-order valence-electron chi connectivity index (χ4n) is 5.51. The number of halogens is 6. The summed E-state index contributed by atoms with van der Waals surface area (Å²) in [5, 5.41) is 14.7. The summed E-state index contributed by atoms with van der Waals surface area (Å²) in [5.74, 6) is 0.0341. The summed E-state index contributed by atoms with van der Waals surface area (Å²) < 4.78 is 81.3. The van der Waals surface area contributed by atoms with Gasteiger partial charge in [0.15, 0.2) is 0 Å². The number of aromatic amines is 1. The average Bonchev–Trinajstić information content (AvgIpc) is 3.65. The van der Waals surface area contributed by atoms with Gasteiger partial charge in [0, 0.05) is 30.6 Å². The molecule has 0 amide bonds. The highest BCUT2D eigenvalue weighted by atomic mass is 19.4. The molecule has 0 saturated heterocycles. The van der Waals surface area contributed by atoms with Crippen molar-refractivity contribution in [2.24, 2.45) is 0 Å². The molecule has 0 spiro atoms. The molecule has 1 aliphatic rings. The Kier molecular flexibility index (Phi) is 7.91. The zero-order valence-electron chi connectivity index (χ0n) is 22.5. The lowest BCUT2D eigenvalue weighted by atomic mass is 10.0. The van der Waals surface area contributed by atoms with Crippen molar-refractivity contribution < 1.29 is 26.3 Å². The summed E-state index contributed by atoms with van der Waals surface area (Å²) in [6.45, 7) is 1.80. The number of hydrogen-bond donors (Lipinski definition) is 1. The summed E-state index contributed by atoms with van der Waals surface area (Å²) in [4.78, 5) is 8.75. The molecule has 2 aromatic carbocycles. The van der Waals surface area contributed by atoms with Crippen LogP contribution in [0.4, 0.5) is 32.3 Å². The van der Waals surface area contributed by atoms with Crippen LogP contribution in [0.1, 0.15) is 66.6 Å². The van der Waals surface area contributed by atoms with Gasteiger partial charge in [0.25, 0.3) is 5.95 Å². The molecule has 1 saturated carbocycles. The Balaban J connectivity index is 1.56. The molecular weight excluding hydrogens is 548 g/mol. The smallest absolute Gasteiger partial charge is 0.329 e. The van der Waals surface area contributed by atoms with E-state index in [0.717, 1.165) is 60.0 Å². The van der Waals surface area contributed by atoms with Gasteiger partial charge in [-0.1, -0.05) is 36.1 Å². The maximum atomic E-state index is 13.6. The number of tetrazole rings is 1. The van der Waals surface area contributed by atoms with E-state index in [0.29, 0.717) is 6.04 Å². The summed E-state index contributed by atoms with van der Waals surface area (Å²) in [7, 11) is 2.06. The van der Waals surface area contributed by atoms with Crippen molar-refractivity contribution >= 4 is 16.9 Å². The van der Waals surface area contributed by atoms with Crippen LogP contribution in [-0.4, -0.2) is 43.6 Å². The van der Waals surface area contributed by atoms with Crippen LogP contribution in [-0.2, 0) is 25.4 Å². The average molecular weight is 578 g/mol. The van der Waals surface area contributed by atoms with Gasteiger partial charge in [0.1, 0.15) is 0 Å². The van der Waals surface area contributed by atoms with Crippen molar-refractivity contribution in [1.82, 2.24) is 30.5 Å².